The lowest BCUT2D eigenvalue weighted by Crippen LogP contribution is -2.15. The fourth-order valence-electron chi connectivity index (χ4n) is 2.74. The predicted octanol–water partition coefficient (Wildman–Crippen LogP) is 3.59. The van der Waals surface area contributed by atoms with Crippen LogP contribution < -0.4 is 9.44 Å². The molecule has 0 saturated carbocycles. The molecule has 0 saturated heterocycles. The Hall–Kier alpha value is -2.89. The summed E-state index contributed by atoms with van der Waals surface area (Å²) in [6.45, 7) is 1.65. The predicted molar refractivity (Wildman–Crippen MR) is 117 cm³/mol. The summed E-state index contributed by atoms with van der Waals surface area (Å²) in [4.78, 5) is 12.1. The van der Waals surface area contributed by atoms with Gasteiger partial charge in [-0.3, -0.25) is 9.44 Å². The molecule has 0 fully saturated rings. The maximum Gasteiger partial charge on any atom is 0.348 e. The first-order valence-electron chi connectivity index (χ1n) is 8.50. The van der Waals surface area contributed by atoms with Crippen LogP contribution in [-0.2, 0) is 20.0 Å². The number of benzene rings is 2. The van der Waals surface area contributed by atoms with Crippen LogP contribution in [-0.4, -0.2) is 34.2 Å². The molecule has 3 aromatic rings. The zero-order valence-electron chi connectivity index (χ0n) is 15.9. The maximum atomic E-state index is 12.8. The Morgan fingerprint density at radius 2 is 1.60 bits per heavy atom. The van der Waals surface area contributed by atoms with Gasteiger partial charge in [-0.15, -0.1) is 11.3 Å². The van der Waals surface area contributed by atoms with E-state index >= 15 is 0 Å². The second-order valence-corrected chi connectivity index (χ2v) is 10.9. The van der Waals surface area contributed by atoms with Crippen LogP contribution in [0.4, 0.5) is 11.4 Å². The highest BCUT2D eigenvalue weighted by molar-refractivity contribution is 7.92. The minimum Gasteiger partial charge on any atom is -0.477 e. The van der Waals surface area contributed by atoms with Crippen molar-refractivity contribution in [2.45, 2.75) is 11.8 Å². The smallest absolute Gasteiger partial charge is 0.348 e. The molecule has 2 aromatic carbocycles. The number of hydrogen-bond donors (Lipinski definition) is 3. The molecular weight excluding hydrogens is 448 g/mol. The molecule has 0 aliphatic rings. The van der Waals surface area contributed by atoms with E-state index in [1.807, 2.05) is 0 Å². The number of rotatable bonds is 7. The minimum atomic E-state index is -3.98. The van der Waals surface area contributed by atoms with Crippen molar-refractivity contribution in [2.24, 2.45) is 0 Å². The van der Waals surface area contributed by atoms with E-state index in [-0.39, 0.29) is 15.5 Å². The topological polar surface area (TPSA) is 130 Å². The van der Waals surface area contributed by atoms with Gasteiger partial charge in [0.15, 0.2) is 0 Å². The molecule has 3 rings (SSSR count). The van der Waals surface area contributed by atoms with Crippen molar-refractivity contribution in [3.05, 3.63) is 65.0 Å². The van der Waals surface area contributed by atoms with E-state index in [9.17, 15) is 26.7 Å². The lowest BCUT2D eigenvalue weighted by Gasteiger charge is -2.09. The molecule has 0 unspecified atom stereocenters. The number of carboxylic acid groups (broad SMARTS) is 1. The summed E-state index contributed by atoms with van der Waals surface area (Å²) in [6.07, 6.45) is 1.03. The van der Waals surface area contributed by atoms with Gasteiger partial charge < -0.3 is 5.11 Å². The molecule has 3 N–H and O–H groups in total. The highest BCUT2D eigenvalue weighted by Gasteiger charge is 2.23. The van der Waals surface area contributed by atoms with E-state index in [0.717, 1.165) is 17.6 Å². The Balaban J connectivity index is 1.96. The van der Waals surface area contributed by atoms with E-state index in [1.165, 1.54) is 24.3 Å². The molecule has 30 heavy (non-hydrogen) atoms. The minimum absolute atomic E-state index is 0.0379. The first-order chi connectivity index (χ1) is 14.0. The van der Waals surface area contributed by atoms with E-state index in [2.05, 4.69) is 9.44 Å². The number of aryl methyl sites for hydroxylation is 1. The van der Waals surface area contributed by atoms with Gasteiger partial charge in [-0.25, -0.2) is 21.6 Å². The molecule has 0 amide bonds. The molecule has 0 atom stereocenters. The third-order valence-electron chi connectivity index (χ3n) is 4.03. The number of thiophene rings is 1. The number of anilines is 2. The number of carbonyl (C=O) groups is 1. The van der Waals surface area contributed by atoms with Crippen molar-refractivity contribution in [1.82, 2.24) is 0 Å². The number of hydrogen-bond acceptors (Lipinski definition) is 6. The van der Waals surface area contributed by atoms with Gasteiger partial charge in [-0.2, -0.15) is 0 Å². The van der Waals surface area contributed by atoms with Gasteiger partial charge in [0, 0.05) is 10.6 Å². The van der Waals surface area contributed by atoms with Crippen LogP contribution in [0.15, 0.2) is 59.5 Å². The summed E-state index contributed by atoms with van der Waals surface area (Å²) < 4.78 is 52.8. The van der Waals surface area contributed by atoms with Gasteiger partial charge in [-0.05, 0) is 42.3 Å². The maximum absolute atomic E-state index is 12.8. The SMILES string of the molecule is Cc1ccccc1S(=O)(=O)Nc1cc(-c2ccc(NS(C)(=O)=O)cc2)sc1C(=O)O. The fourth-order valence-corrected chi connectivity index (χ4v) is 5.64. The van der Waals surface area contributed by atoms with Crippen molar-refractivity contribution in [1.29, 1.82) is 0 Å². The molecular formula is C19H18N2O6S3. The second-order valence-electron chi connectivity index (χ2n) is 6.48. The number of aromatic carboxylic acids is 1. The van der Waals surface area contributed by atoms with Crippen LogP contribution in [0.2, 0.25) is 0 Å². The summed E-state index contributed by atoms with van der Waals surface area (Å²) in [5.74, 6) is -1.26. The summed E-state index contributed by atoms with van der Waals surface area (Å²) in [5, 5.41) is 9.52. The largest absolute Gasteiger partial charge is 0.477 e. The fraction of sp³-hybridized carbons (Fsp3) is 0.105. The summed E-state index contributed by atoms with van der Waals surface area (Å²) in [6, 6.07) is 14.1. The van der Waals surface area contributed by atoms with Crippen LogP contribution in [0, 0.1) is 6.92 Å². The Bertz CT molecular complexity index is 1310. The average molecular weight is 467 g/mol. The Kier molecular flexibility index (Phi) is 5.88. The second kappa shape index (κ2) is 8.09. The number of sulfonamides is 2. The van der Waals surface area contributed by atoms with Crippen LogP contribution in [0.25, 0.3) is 10.4 Å². The first-order valence-corrected chi connectivity index (χ1v) is 12.7. The van der Waals surface area contributed by atoms with Gasteiger partial charge in [0.2, 0.25) is 10.0 Å². The van der Waals surface area contributed by atoms with Crippen LogP contribution in [0.5, 0.6) is 0 Å². The number of nitrogens with one attached hydrogen (secondary N) is 2. The molecule has 0 radical (unpaired) electrons. The van der Waals surface area contributed by atoms with E-state index < -0.39 is 26.0 Å². The quantitative estimate of drug-likeness (QED) is 0.488. The van der Waals surface area contributed by atoms with Gasteiger partial charge >= 0.3 is 5.97 Å². The van der Waals surface area contributed by atoms with Crippen molar-refractivity contribution in [3.8, 4) is 10.4 Å². The zero-order chi connectivity index (χ0) is 22.1. The van der Waals surface area contributed by atoms with Crippen LogP contribution in [0.3, 0.4) is 0 Å². The molecule has 1 aromatic heterocycles. The third kappa shape index (κ3) is 4.99. The van der Waals surface area contributed by atoms with E-state index in [1.54, 1.807) is 37.3 Å². The Morgan fingerprint density at radius 1 is 0.967 bits per heavy atom. The van der Waals surface area contributed by atoms with Gasteiger partial charge in [0.25, 0.3) is 10.0 Å². The zero-order valence-corrected chi connectivity index (χ0v) is 18.4. The van der Waals surface area contributed by atoms with Crippen LogP contribution in [0.1, 0.15) is 15.2 Å². The molecule has 0 aliphatic carbocycles. The Morgan fingerprint density at radius 3 is 2.17 bits per heavy atom. The summed E-state index contributed by atoms with van der Waals surface area (Å²) in [5.41, 5.74) is 1.47. The molecule has 0 bridgehead atoms. The molecule has 158 valence electrons. The van der Waals surface area contributed by atoms with E-state index in [0.29, 0.717) is 21.7 Å². The highest BCUT2D eigenvalue weighted by Crippen LogP contribution is 2.36. The molecule has 1 heterocycles. The molecule has 0 aliphatic heterocycles. The van der Waals surface area contributed by atoms with Gasteiger partial charge in [0.05, 0.1) is 16.8 Å². The Labute approximate surface area is 178 Å². The standard InChI is InChI=1S/C19H18N2O6S3/c1-12-5-3-4-6-17(12)30(26,27)21-15-11-16(28-18(15)19(22)23)13-7-9-14(10-8-13)20-29(2,24)25/h3-11,20-21H,1-2H3,(H,22,23). The summed E-state index contributed by atoms with van der Waals surface area (Å²) >= 11 is 0.915. The van der Waals surface area contributed by atoms with Crippen molar-refractivity contribution in [3.63, 3.8) is 0 Å². The normalized spacial score (nSPS) is 11.8. The number of carboxylic acids is 1. The first kappa shape index (κ1) is 21.8. The molecule has 8 nitrogen and oxygen atoms in total. The van der Waals surface area contributed by atoms with Crippen molar-refractivity contribution in [2.75, 3.05) is 15.7 Å². The van der Waals surface area contributed by atoms with E-state index in [4.69, 9.17) is 0 Å². The monoisotopic (exact) mass is 466 g/mol. The highest BCUT2D eigenvalue weighted by atomic mass is 32.2. The molecule has 0 spiro atoms. The third-order valence-corrected chi connectivity index (χ3v) is 7.33. The van der Waals surface area contributed by atoms with Gasteiger partial charge in [-0.1, -0.05) is 30.3 Å². The van der Waals surface area contributed by atoms with Crippen LogP contribution >= 0.6 is 11.3 Å². The van der Waals surface area contributed by atoms with Crippen molar-refractivity contribution < 1.29 is 26.7 Å². The summed E-state index contributed by atoms with van der Waals surface area (Å²) in [7, 11) is -7.40. The molecule has 11 heteroatoms. The lowest BCUT2D eigenvalue weighted by molar-refractivity contribution is 0.0703. The van der Waals surface area contributed by atoms with Crippen molar-refractivity contribution >= 4 is 48.7 Å². The average Bonchev–Trinajstić information content (AvgIpc) is 3.04. The lowest BCUT2D eigenvalue weighted by atomic mass is 10.1. The van der Waals surface area contributed by atoms with Gasteiger partial charge in [0.1, 0.15) is 4.88 Å².